The second-order valence-electron chi connectivity index (χ2n) is 7.60. The standard InChI is InChI=1S/C24H28N4O4/c1-17-14-22(28(25-17)18-6-5-7-19(15-18)30-2)24(29)27-12-10-26(11-13-27)21-9-8-20(31-3)16-23(21)32-4/h5-9,14-16H,10-13H2,1-4H3. The minimum atomic E-state index is -0.0326. The lowest BCUT2D eigenvalue weighted by Crippen LogP contribution is -2.49. The van der Waals surface area contributed by atoms with Gasteiger partial charge in [-0.3, -0.25) is 4.79 Å². The monoisotopic (exact) mass is 436 g/mol. The Hall–Kier alpha value is -3.68. The molecule has 8 nitrogen and oxygen atoms in total. The molecule has 0 atom stereocenters. The van der Waals surface area contributed by atoms with E-state index in [2.05, 4.69) is 10.00 Å². The lowest BCUT2D eigenvalue weighted by atomic mass is 10.2. The number of amides is 1. The number of ether oxygens (including phenoxy) is 3. The van der Waals surface area contributed by atoms with E-state index in [1.54, 1.807) is 26.0 Å². The van der Waals surface area contributed by atoms with Crippen LogP contribution in [-0.4, -0.2) is 68.1 Å². The van der Waals surface area contributed by atoms with Crippen LogP contribution >= 0.6 is 0 Å². The summed E-state index contributed by atoms with van der Waals surface area (Å²) in [4.78, 5) is 17.5. The molecule has 0 aliphatic carbocycles. The topological polar surface area (TPSA) is 69.1 Å². The maximum atomic E-state index is 13.4. The molecule has 1 aliphatic rings. The van der Waals surface area contributed by atoms with E-state index in [1.807, 2.05) is 60.4 Å². The minimum absolute atomic E-state index is 0.0326. The average molecular weight is 437 g/mol. The largest absolute Gasteiger partial charge is 0.497 e. The Morgan fingerprint density at radius 3 is 2.28 bits per heavy atom. The minimum Gasteiger partial charge on any atom is -0.497 e. The average Bonchev–Trinajstić information content (AvgIpc) is 3.25. The van der Waals surface area contributed by atoms with Gasteiger partial charge in [0.1, 0.15) is 22.9 Å². The van der Waals surface area contributed by atoms with Gasteiger partial charge in [0.15, 0.2) is 0 Å². The fourth-order valence-corrected chi connectivity index (χ4v) is 3.95. The second kappa shape index (κ2) is 9.21. The van der Waals surface area contributed by atoms with Crippen molar-refractivity contribution in [3.05, 3.63) is 59.9 Å². The molecule has 2 heterocycles. The zero-order valence-corrected chi connectivity index (χ0v) is 18.9. The Morgan fingerprint density at radius 1 is 0.875 bits per heavy atom. The number of piperazine rings is 1. The summed E-state index contributed by atoms with van der Waals surface area (Å²) in [5.41, 5.74) is 3.13. The van der Waals surface area contributed by atoms with Crippen molar-refractivity contribution in [1.29, 1.82) is 0 Å². The lowest BCUT2D eigenvalue weighted by Gasteiger charge is -2.36. The zero-order valence-electron chi connectivity index (χ0n) is 18.9. The van der Waals surface area contributed by atoms with Crippen LogP contribution < -0.4 is 19.1 Å². The molecule has 1 aliphatic heterocycles. The molecule has 1 fully saturated rings. The Kier molecular flexibility index (Phi) is 6.20. The van der Waals surface area contributed by atoms with Gasteiger partial charge in [0.2, 0.25) is 0 Å². The van der Waals surface area contributed by atoms with Gasteiger partial charge in [0, 0.05) is 38.3 Å². The number of methoxy groups -OCH3 is 3. The summed E-state index contributed by atoms with van der Waals surface area (Å²) < 4.78 is 17.9. The number of hydrogen-bond acceptors (Lipinski definition) is 6. The van der Waals surface area contributed by atoms with E-state index in [-0.39, 0.29) is 5.91 Å². The van der Waals surface area contributed by atoms with Crippen LogP contribution in [-0.2, 0) is 0 Å². The van der Waals surface area contributed by atoms with Crippen LogP contribution in [0.4, 0.5) is 5.69 Å². The lowest BCUT2D eigenvalue weighted by molar-refractivity contribution is 0.0737. The van der Waals surface area contributed by atoms with Gasteiger partial charge in [0.05, 0.1) is 38.4 Å². The van der Waals surface area contributed by atoms with Crippen LogP contribution in [0.15, 0.2) is 48.5 Å². The molecule has 1 amide bonds. The summed E-state index contributed by atoms with van der Waals surface area (Å²) in [5, 5.41) is 4.55. The van der Waals surface area contributed by atoms with Gasteiger partial charge in [-0.25, -0.2) is 4.68 Å². The summed E-state index contributed by atoms with van der Waals surface area (Å²) >= 11 is 0. The zero-order chi connectivity index (χ0) is 22.7. The summed E-state index contributed by atoms with van der Waals surface area (Å²) in [6, 6.07) is 15.2. The SMILES string of the molecule is COc1cccc(-n2nc(C)cc2C(=O)N2CCN(c3ccc(OC)cc3OC)CC2)c1. The molecule has 0 radical (unpaired) electrons. The van der Waals surface area contributed by atoms with Crippen molar-refractivity contribution in [2.24, 2.45) is 0 Å². The van der Waals surface area contributed by atoms with E-state index in [0.717, 1.165) is 34.3 Å². The molecule has 0 saturated carbocycles. The highest BCUT2D eigenvalue weighted by Gasteiger charge is 2.27. The molecule has 168 valence electrons. The van der Waals surface area contributed by atoms with E-state index >= 15 is 0 Å². The van der Waals surface area contributed by atoms with E-state index in [4.69, 9.17) is 14.2 Å². The van der Waals surface area contributed by atoms with Gasteiger partial charge in [-0.1, -0.05) is 6.07 Å². The van der Waals surface area contributed by atoms with Crippen molar-refractivity contribution in [1.82, 2.24) is 14.7 Å². The van der Waals surface area contributed by atoms with Gasteiger partial charge in [-0.05, 0) is 37.3 Å². The summed E-state index contributed by atoms with van der Waals surface area (Å²) in [5.74, 6) is 2.20. The fraction of sp³-hybridized carbons (Fsp3) is 0.333. The molecule has 32 heavy (non-hydrogen) atoms. The van der Waals surface area contributed by atoms with E-state index < -0.39 is 0 Å². The molecule has 4 rings (SSSR count). The number of rotatable bonds is 6. The summed E-state index contributed by atoms with van der Waals surface area (Å²) in [6.07, 6.45) is 0. The van der Waals surface area contributed by atoms with E-state index in [9.17, 15) is 4.79 Å². The normalized spacial score (nSPS) is 13.8. The molecule has 0 spiro atoms. The Bertz CT molecular complexity index is 1100. The van der Waals surface area contributed by atoms with Crippen molar-refractivity contribution in [2.75, 3.05) is 52.4 Å². The van der Waals surface area contributed by atoms with Gasteiger partial charge in [0.25, 0.3) is 5.91 Å². The van der Waals surface area contributed by atoms with E-state index in [1.165, 1.54) is 0 Å². The van der Waals surface area contributed by atoms with Crippen LogP contribution in [0.25, 0.3) is 5.69 Å². The van der Waals surface area contributed by atoms with Crippen LogP contribution in [0, 0.1) is 6.92 Å². The number of carbonyl (C=O) groups excluding carboxylic acids is 1. The third-order valence-corrected chi connectivity index (χ3v) is 5.64. The van der Waals surface area contributed by atoms with Crippen molar-refractivity contribution in [3.8, 4) is 22.9 Å². The summed E-state index contributed by atoms with van der Waals surface area (Å²) in [6.45, 7) is 4.52. The first-order valence-electron chi connectivity index (χ1n) is 10.5. The first kappa shape index (κ1) is 21.5. The second-order valence-corrected chi connectivity index (χ2v) is 7.60. The molecule has 3 aromatic rings. The third-order valence-electron chi connectivity index (χ3n) is 5.64. The van der Waals surface area contributed by atoms with Crippen LogP contribution in [0.5, 0.6) is 17.2 Å². The molecular formula is C24H28N4O4. The molecule has 0 N–H and O–H groups in total. The first-order valence-corrected chi connectivity index (χ1v) is 10.5. The maximum Gasteiger partial charge on any atom is 0.272 e. The number of nitrogens with zero attached hydrogens (tertiary/aromatic N) is 4. The molecule has 2 aromatic carbocycles. The molecule has 1 aromatic heterocycles. The number of aromatic nitrogens is 2. The Labute approximate surface area is 187 Å². The van der Waals surface area contributed by atoms with Crippen molar-refractivity contribution in [2.45, 2.75) is 6.92 Å². The Morgan fingerprint density at radius 2 is 1.59 bits per heavy atom. The number of aryl methyl sites for hydroxylation is 1. The number of hydrogen-bond donors (Lipinski definition) is 0. The molecule has 8 heteroatoms. The third kappa shape index (κ3) is 4.21. The molecule has 1 saturated heterocycles. The molecule has 0 unspecified atom stereocenters. The predicted octanol–water partition coefficient (Wildman–Crippen LogP) is 3.17. The Balaban J connectivity index is 1.51. The van der Waals surface area contributed by atoms with Crippen LogP contribution in [0.1, 0.15) is 16.2 Å². The van der Waals surface area contributed by atoms with Crippen molar-refractivity contribution < 1.29 is 19.0 Å². The highest BCUT2D eigenvalue weighted by atomic mass is 16.5. The number of carbonyl (C=O) groups is 1. The molecular weight excluding hydrogens is 408 g/mol. The number of anilines is 1. The van der Waals surface area contributed by atoms with E-state index in [0.29, 0.717) is 31.9 Å². The van der Waals surface area contributed by atoms with Crippen molar-refractivity contribution in [3.63, 3.8) is 0 Å². The number of benzene rings is 2. The van der Waals surface area contributed by atoms with Crippen LogP contribution in [0.2, 0.25) is 0 Å². The van der Waals surface area contributed by atoms with Gasteiger partial charge in [-0.15, -0.1) is 0 Å². The van der Waals surface area contributed by atoms with Crippen molar-refractivity contribution >= 4 is 11.6 Å². The molecule has 0 bridgehead atoms. The quantitative estimate of drug-likeness (QED) is 0.591. The first-order chi connectivity index (χ1) is 15.5. The summed E-state index contributed by atoms with van der Waals surface area (Å²) in [7, 11) is 4.91. The van der Waals surface area contributed by atoms with Gasteiger partial charge < -0.3 is 24.0 Å². The maximum absolute atomic E-state index is 13.4. The van der Waals surface area contributed by atoms with Gasteiger partial charge in [-0.2, -0.15) is 5.10 Å². The smallest absolute Gasteiger partial charge is 0.272 e. The van der Waals surface area contributed by atoms with Crippen LogP contribution in [0.3, 0.4) is 0 Å². The predicted molar refractivity (Wildman–Crippen MR) is 123 cm³/mol. The van der Waals surface area contributed by atoms with Gasteiger partial charge >= 0.3 is 0 Å². The highest BCUT2D eigenvalue weighted by Crippen LogP contribution is 2.33. The fourth-order valence-electron chi connectivity index (χ4n) is 3.95. The highest BCUT2D eigenvalue weighted by molar-refractivity contribution is 5.93.